The molecule has 6 nitrogen and oxygen atoms in total. The molecular formula is C20H19N3O3S. The molecule has 0 atom stereocenters. The Labute approximate surface area is 161 Å². The highest BCUT2D eigenvalue weighted by Gasteiger charge is 2.12. The molecule has 1 aromatic heterocycles. The first-order valence-electron chi connectivity index (χ1n) is 8.48. The molecule has 0 fully saturated rings. The SMILES string of the molecule is CCOc1ccccc1NC(=O)Cc1csc(NC(=O)c2ccccc2)n1. The molecule has 138 valence electrons. The van der Waals surface area contributed by atoms with E-state index in [0.29, 0.717) is 34.4 Å². The van der Waals surface area contributed by atoms with E-state index in [4.69, 9.17) is 4.74 Å². The molecular weight excluding hydrogens is 362 g/mol. The minimum absolute atomic E-state index is 0.109. The second-order valence-corrected chi connectivity index (χ2v) is 6.48. The molecule has 0 aliphatic heterocycles. The number of anilines is 2. The number of carbonyl (C=O) groups excluding carboxylic acids is 2. The number of rotatable bonds is 7. The lowest BCUT2D eigenvalue weighted by atomic mass is 10.2. The molecule has 27 heavy (non-hydrogen) atoms. The normalized spacial score (nSPS) is 10.3. The summed E-state index contributed by atoms with van der Waals surface area (Å²) in [6.45, 7) is 2.41. The molecule has 0 aliphatic rings. The highest BCUT2D eigenvalue weighted by Crippen LogP contribution is 2.24. The van der Waals surface area contributed by atoms with Gasteiger partial charge in [0.1, 0.15) is 5.75 Å². The zero-order valence-corrected chi connectivity index (χ0v) is 15.6. The molecule has 0 saturated carbocycles. The molecule has 0 spiro atoms. The van der Waals surface area contributed by atoms with Crippen LogP contribution in [0.5, 0.6) is 5.75 Å². The van der Waals surface area contributed by atoms with E-state index in [2.05, 4.69) is 15.6 Å². The quantitative estimate of drug-likeness (QED) is 0.649. The fourth-order valence-electron chi connectivity index (χ4n) is 2.41. The van der Waals surface area contributed by atoms with Gasteiger partial charge in [-0.15, -0.1) is 11.3 Å². The van der Waals surface area contributed by atoms with Gasteiger partial charge in [0.05, 0.1) is 24.4 Å². The van der Waals surface area contributed by atoms with Gasteiger partial charge in [0.15, 0.2) is 5.13 Å². The van der Waals surface area contributed by atoms with E-state index in [9.17, 15) is 9.59 Å². The molecule has 2 amide bonds. The number of para-hydroxylation sites is 2. The van der Waals surface area contributed by atoms with E-state index in [1.165, 1.54) is 11.3 Å². The van der Waals surface area contributed by atoms with Gasteiger partial charge >= 0.3 is 0 Å². The maximum Gasteiger partial charge on any atom is 0.257 e. The standard InChI is InChI=1S/C20H19N3O3S/c1-2-26-17-11-7-6-10-16(17)22-18(24)12-15-13-27-20(21-15)23-19(25)14-8-4-3-5-9-14/h3-11,13H,2,12H2,1H3,(H,22,24)(H,21,23,25). The largest absolute Gasteiger partial charge is 0.492 e. The van der Waals surface area contributed by atoms with Crippen molar-refractivity contribution in [1.29, 1.82) is 0 Å². The lowest BCUT2D eigenvalue weighted by Gasteiger charge is -2.10. The molecule has 0 radical (unpaired) electrons. The summed E-state index contributed by atoms with van der Waals surface area (Å²) in [6, 6.07) is 16.2. The number of hydrogen-bond donors (Lipinski definition) is 2. The Morgan fingerprint density at radius 2 is 1.78 bits per heavy atom. The fourth-order valence-corrected chi connectivity index (χ4v) is 3.12. The monoisotopic (exact) mass is 381 g/mol. The predicted octanol–water partition coefficient (Wildman–Crippen LogP) is 3.98. The minimum Gasteiger partial charge on any atom is -0.492 e. The maximum atomic E-state index is 12.3. The maximum absolute atomic E-state index is 12.3. The average molecular weight is 381 g/mol. The number of carbonyl (C=O) groups is 2. The topological polar surface area (TPSA) is 80.3 Å². The highest BCUT2D eigenvalue weighted by molar-refractivity contribution is 7.14. The van der Waals surface area contributed by atoms with E-state index in [1.807, 2.05) is 25.1 Å². The first-order chi connectivity index (χ1) is 13.2. The summed E-state index contributed by atoms with van der Waals surface area (Å²) in [7, 11) is 0. The van der Waals surface area contributed by atoms with Crippen molar-refractivity contribution in [1.82, 2.24) is 4.98 Å². The summed E-state index contributed by atoms with van der Waals surface area (Å²) in [4.78, 5) is 28.8. The van der Waals surface area contributed by atoms with E-state index in [-0.39, 0.29) is 18.2 Å². The smallest absolute Gasteiger partial charge is 0.257 e. The Kier molecular flexibility index (Phi) is 6.17. The van der Waals surface area contributed by atoms with Crippen LogP contribution in [-0.4, -0.2) is 23.4 Å². The van der Waals surface area contributed by atoms with Crippen molar-refractivity contribution >= 4 is 34.0 Å². The third kappa shape index (κ3) is 5.15. The van der Waals surface area contributed by atoms with Crippen LogP contribution in [0.2, 0.25) is 0 Å². The summed E-state index contributed by atoms with van der Waals surface area (Å²) in [6.07, 6.45) is 0.109. The Hall–Kier alpha value is -3.19. The van der Waals surface area contributed by atoms with Crippen molar-refractivity contribution in [3.05, 3.63) is 71.2 Å². The lowest BCUT2D eigenvalue weighted by molar-refractivity contribution is -0.115. The van der Waals surface area contributed by atoms with Crippen molar-refractivity contribution < 1.29 is 14.3 Å². The minimum atomic E-state index is -0.230. The summed E-state index contributed by atoms with van der Waals surface area (Å²) in [5, 5.41) is 7.80. The van der Waals surface area contributed by atoms with Crippen molar-refractivity contribution in [3.63, 3.8) is 0 Å². The van der Waals surface area contributed by atoms with Gasteiger partial charge in [0, 0.05) is 10.9 Å². The molecule has 1 heterocycles. The van der Waals surface area contributed by atoms with Crippen molar-refractivity contribution in [2.45, 2.75) is 13.3 Å². The van der Waals surface area contributed by atoms with E-state index < -0.39 is 0 Å². The molecule has 2 N–H and O–H groups in total. The summed E-state index contributed by atoms with van der Waals surface area (Å²) in [5.41, 5.74) is 1.77. The molecule has 0 unspecified atom stereocenters. The molecule has 3 aromatic rings. The van der Waals surface area contributed by atoms with E-state index in [0.717, 1.165) is 0 Å². The predicted molar refractivity (Wildman–Crippen MR) is 106 cm³/mol. The van der Waals surface area contributed by atoms with E-state index >= 15 is 0 Å². The van der Waals surface area contributed by atoms with Crippen LogP contribution in [-0.2, 0) is 11.2 Å². The van der Waals surface area contributed by atoms with Crippen LogP contribution >= 0.6 is 11.3 Å². The van der Waals surface area contributed by atoms with Gasteiger partial charge < -0.3 is 10.1 Å². The van der Waals surface area contributed by atoms with Crippen LogP contribution < -0.4 is 15.4 Å². The third-order valence-corrected chi connectivity index (χ3v) is 4.42. The van der Waals surface area contributed by atoms with Gasteiger partial charge in [0.25, 0.3) is 5.91 Å². The van der Waals surface area contributed by atoms with Gasteiger partial charge in [-0.2, -0.15) is 0 Å². The first kappa shape index (κ1) is 18.6. The molecule has 7 heteroatoms. The number of aromatic nitrogens is 1. The van der Waals surface area contributed by atoms with Crippen molar-refractivity contribution in [3.8, 4) is 5.75 Å². The number of nitrogens with one attached hydrogen (secondary N) is 2. The third-order valence-electron chi connectivity index (χ3n) is 3.61. The fraction of sp³-hybridized carbons (Fsp3) is 0.150. The second-order valence-electron chi connectivity index (χ2n) is 5.62. The number of amides is 2. The first-order valence-corrected chi connectivity index (χ1v) is 9.36. The van der Waals surface area contributed by atoms with Crippen LogP contribution in [0.3, 0.4) is 0 Å². The molecule has 0 saturated heterocycles. The average Bonchev–Trinajstić information content (AvgIpc) is 3.11. The van der Waals surface area contributed by atoms with Gasteiger partial charge in [-0.3, -0.25) is 14.9 Å². The number of thiazole rings is 1. The Bertz CT molecular complexity index is 925. The summed E-state index contributed by atoms with van der Waals surface area (Å²) < 4.78 is 5.50. The van der Waals surface area contributed by atoms with Gasteiger partial charge in [0.2, 0.25) is 5.91 Å². The Balaban J connectivity index is 1.59. The molecule has 2 aromatic carbocycles. The molecule has 3 rings (SSSR count). The zero-order chi connectivity index (χ0) is 19.1. The van der Waals surface area contributed by atoms with E-state index in [1.54, 1.807) is 41.8 Å². The molecule has 0 bridgehead atoms. The zero-order valence-electron chi connectivity index (χ0n) is 14.8. The number of hydrogen-bond acceptors (Lipinski definition) is 5. The lowest BCUT2D eigenvalue weighted by Crippen LogP contribution is -2.16. The van der Waals surface area contributed by atoms with Crippen LogP contribution in [0.4, 0.5) is 10.8 Å². The Morgan fingerprint density at radius 1 is 1.04 bits per heavy atom. The number of benzene rings is 2. The number of nitrogens with zero attached hydrogens (tertiary/aromatic N) is 1. The summed E-state index contributed by atoms with van der Waals surface area (Å²) in [5.74, 6) is 0.197. The Morgan fingerprint density at radius 3 is 2.56 bits per heavy atom. The van der Waals surface area contributed by atoms with Crippen molar-refractivity contribution in [2.75, 3.05) is 17.2 Å². The van der Waals surface area contributed by atoms with Crippen LogP contribution in [0.15, 0.2) is 60.0 Å². The van der Waals surface area contributed by atoms with Crippen LogP contribution in [0.25, 0.3) is 0 Å². The van der Waals surface area contributed by atoms with Gasteiger partial charge in [-0.25, -0.2) is 4.98 Å². The molecule has 0 aliphatic carbocycles. The second kappa shape index (κ2) is 8.95. The summed E-state index contributed by atoms with van der Waals surface area (Å²) >= 11 is 1.28. The van der Waals surface area contributed by atoms with Gasteiger partial charge in [-0.1, -0.05) is 30.3 Å². The number of ether oxygens (including phenoxy) is 1. The van der Waals surface area contributed by atoms with Crippen LogP contribution in [0.1, 0.15) is 23.0 Å². The van der Waals surface area contributed by atoms with Crippen molar-refractivity contribution in [2.24, 2.45) is 0 Å². The highest BCUT2D eigenvalue weighted by atomic mass is 32.1. The van der Waals surface area contributed by atoms with Gasteiger partial charge in [-0.05, 0) is 31.2 Å². The van der Waals surface area contributed by atoms with Crippen LogP contribution in [0, 0.1) is 0 Å².